The molecule has 0 bridgehead atoms. The van der Waals surface area contributed by atoms with Gasteiger partial charge in [-0.3, -0.25) is 0 Å². The average Bonchev–Trinajstić information content (AvgIpc) is 2.90. The van der Waals surface area contributed by atoms with Crippen molar-refractivity contribution >= 4 is 5.69 Å². The van der Waals surface area contributed by atoms with E-state index >= 15 is 0 Å². The van der Waals surface area contributed by atoms with Gasteiger partial charge in [0, 0.05) is 31.4 Å². The number of benzene rings is 1. The molecule has 0 radical (unpaired) electrons. The van der Waals surface area contributed by atoms with Crippen LogP contribution >= 0.6 is 0 Å². The van der Waals surface area contributed by atoms with Crippen LogP contribution in [-0.4, -0.2) is 30.8 Å². The summed E-state index contributed by atoms with van der Waals surface area (Å²) in [5, 5.41) is 12.4. The molecule has 1 aromatic carbocycles. The number of nitrogens with zero attached hydrogens (tertiary/aromatic N) is 1. The smallest absolute Gasteiger partial charge is 0.0582 e. The molecule has 1 atom stereocenters. The van der Waals surface area contributed by atoms with Crippen molar-refractivity contribution in [3.8, 4) is 0 Å². The number of hydrogen-bond acceptors (Lipinski definition) is 3. The van der Waals surface area contributed by atoms with Gasteiger partial charge in [-0.25, -0.2) is 0 Å². The largest absolute Gasteiger partial charge is 0.395 e. The summed E-state index contributed by atoms with van der Waals surface area (Å²) in [6.07, 6.45) is 2.60. The first-order valence-electron chi connectivity index (χ1n) is 6.48. The van der Waals surface area contributed by atoms with Gasteiger partial charge in [0.2, 0.25) is 0 Å². The normalized spacial score (nSPS) is 17.4. The summed E-state index contributed by atoms with van der Waals surface area (Å²) in [4.78, 5) is 2.46. The zero-order chi connectivity index (χ0) is 12.1. The number of nitrogens with one attached hydrogen (secondary N) is 1. The van der Waals surface area contributed by atoms with E-state index in [1.807, 2.05) is 6.92 Å². The third-order valence-electron chi connectivity index (χ3n) is 3.35. The molecule has 0 aromatic heterocycles. The van der Waals surface area contributed by atoms with Crippen molar-refractivity contribution in [1.82, 2.24) is 5.32 Å². The van der Waals surface area contributed by atoms with Gasteiger partial charge in [0.15, 0.2) is 0 Å². The highest BCUT2D eigenvalue weighted by molar-refractivity contribution is 5.54. The Morgan fingerprint density at radius 3 is 2.71 bits per heavy atom. The molecule has 94 valence electrons. The topological polar surface area (TPSA) is 35.5 Å². The minimum atomic E-state index is 0.154. The van der Waals surface area contributed by atoms with Crippen LogP contribution in [0.3, 0.4) is 0 Å². The summed E-state index contributed by atoms with van der Waals surface area (Å²) >= 11 is 0. The summed E-state index contributed by atoms with van der Waals surface area (Å²) in [5.41, 5.74) is 2.68. The lowest BCUT2D eigenvalue weighted by atomic mass is 10.1. The molecule has 1 aromatic rings. The first-order chi connectivity index (χ1) is 8.31. The predicted molar refractivity (Wildman–Crippen MR) is 71.3 cm³/mol. The molecule has 3 nitrogen and oxygen atoms in total. The highest BCUT2D eigenvalue weighted by atomic mass is 16.3. The van der Waals surface area contributed by atoms with E-state index < -0.39 is 0 Å². The van der Waals surface area contributed by atoms with Gasteiger partial charge in [0.1, 0.15) is 0 Å². The molecule has 1 aliphatic heterocycles. The van der Waals surface area contributed by atoms with Gasteiger partial charge in [-0.2, -0.15) is 0 Å². The van der Waals surface area contributed by atoms with Crippen LogP contribution in [0.15, 0.2) is 24.3 Å². The Labute approximate surface area is 103 Å². The van der Waals surface area contributed by atoms with Crippen LogP contribution in [0.1, 0.15) is 25.3 Å². The van der Waals surface area contributed by atoms with Gasteiger partial charge >= 0.3 is 0 Å². The van der Waals surface area contributed by atoms with Gasteiger partial charge in [-0.1, -0.05) is 18.2 Å². The van der Waals surface area contributed by atoms with E-state index in [-0.39, 0.29) is 12.6 Å². The Morgan fingerprint density at radius 1 is 1.29 bits per heavy atom. The predicted octanol–water partition coefficient (Wildman–Crippen LogP) is 1.76. The van der Waals surface area contributed by atoms with E-state index in [1.54, 1.807) is 0 Å². The minimum Gasteiger partial charge on any atom is -0.395 e. The molecule has 1 unspecified atom stereocenters. The monoisotopic (exact) mass is 234 g/mol. The van der Waals surface area contributed by atoms with E-state index in [0.717, 1.165) is 6.54 Å². The Hall–Kier alpha value is -1.06. The van der Waals surface area contributed by atoms with E-state index in [0.29, 0.717) is 0 Å². The third kappa shape index (κ3) is 3.20. The standard InChI is InChI=1S/C14H22N2O/c1-12(11-17)15-10-13-6-2-3-7-14(13)16-8-4-5-9-16/h2-3,6-7,12,15,17H,4-5,8-11H2,1H3. The molecule has 1 aliphatic rings. The molecule has 0 spiro atoms. The zero-order valence-corrected chi connectivity index (χ0v) is 10.5. The second-order valence-electron chi connectivity index (χ2n) is 4.79. The number of aliphatic hydroxyl groups is 1. The summed E-state index contributed by atoms with van der Waals surface area (Å²) in [6, 6.07) is 8.71. The number of anilines is 1. The number of rotatable bonds is 5. The molecule has 2 rings (SSSR count). The summed E-state index contributed by atoms with van der Waals surface area (Å²) < 4.78 is 0. The van der Waals surface area contributed by atoms with Crippen molar-refractivity contribution in [2.45, 2.75) is 32.4 Å². The second-order valence-corrected chi connectivity index (χ2v) is 4.79. The van der Waals surface area contributed by atoms with Crippen molar-refractivity contribution in [3.63, 3.8) is 0 Å². The molecular weight excluding hydrogens is 212 g/mol. The van der Waals surface area contributed by atoms with Gasteiger partial charge in [0.25, 0.3) is 0 Å². The Morgan fingerprint density at radius 2 is 2.00 bits per heavy atom. The first kappa shape index (κ1) is 12.4. The van der Waals surface area contributed by atoms with E-state index in [2.05, 4.69) is 34.5 Å². The minimum absolute atomic E-state index is 0.154. The van der Waals surface area contributed by atoms with Gasteiger partial charge in [-0.15, -0.1) is 0 Å². The number of hydrogen-bond donors (Lipinski definition) is 2. The second kappa shape index (κ2) is 6.03. The van der Waals surface area contributed by atoms with E-state index in [9.17, 15) is 0 Å². The van der Waals surface area contributed by atoms with Crippen LogP contribution in [0.4, 0.5) is 5.69 Å². The zero-order valence-electron chi connectivity index (χ0n) is 10.5. The summed E-state index contributed by atoms with van der Waals surface area (Å²) in [6.45, 7) is 5.36. The molecule has 1 heterocycles. The lowest BCUT2D eigenvalue weighted by Crippen LogP contribution is -2.29. The van der Waals surface area contributed by atoms with Gasteiger partial charge in [0.05, 0.1) is 6.61 Å². The molecule has 17 heavy (non-hydrogen) atoms. The van der Waals surface area contributed by atoms with Gasteiger partial charge < -0.3 is 15.3 Å². The lowest BCUT2D eigenvalue weighted by Gasteiger charge is -2.22. The fourth-order valence-electron chi connectivity index (χ4n) is 2.28. The summed E-state index contributed by atoms with van der Waals surface area (Å²) in [7, 11) is 0. The van der Waals surface area contributed by atoms with Gasteiger partial charge in [-0.05, 0) is 31.4 Å². The SMILES string of the molecule is CC(CO)NCc1ccccc1N1CCCC1. The van der Waals surface area contributed by atoms with Crippen molar-refractivity contribution < 1.29 is 5.11 Å². The maximum Gasteiger partial charge on any atom is 0.0582 e. The number of para-hydroxylation sites is 1. The van der Waals surface area contributed by atoms with Crippen molar-refractivity contribution in [2.75, 3.05) is 24.6 Å². The van der Waals surface area contributed by atoms with Crippen LogP contribution in [0, 0.1) is 0 Å². The fourth-order valence-corrected chi connectivity index (χ4v) is 2.28. The van der Waals surface area contributed by atoms with E-state index in [4.69, 9.17) is 5.11 Å². The average molecular weight is 234 g/mol. The van der Waals surface area contributed by atoms with Crippen molar-refractivity contribution in [2.24, 2.45) is 0 Å². The lowest BCUT2D eigenvalue weighted by molar-refractivity contribution is 0.251. The van der Waals surface area contributed by atoms with Crippen LogP contribution in [-0.2, 0) is 6.54 Å². The van der Waals surface area contributed by atoms with Crippen LogP contribution in [0.5, 0.6) is 0 Å². The fraction of sp³-hybridized carbons (Fsp3) is 0.571. The maximum absolute atomic E-state index is 9.02. The highest BCUT2D eigenvalue weighted by Crippen LogP contribution is 2.24. The molecule has 0 aliphatic carbocycles. The number of aliphatic hydroxyl groups excluding tert-OH is 1. The van der Waals surface area contributed by atoms with Crippen molar-refractivity contribution in [3.05, 3.63) is 29.8 Å². The molecule has 3 heteroatoms. The van der Waals surface area contributed by atoms with E-state index in [1.165, 1.54) is 37.2 Å². The maximum atomic E-state index is 9.02. The third-order valence-corrected chi connectivity index (χ3v) is 3.35. The Bertz CT molecular complexity index is 348. The Kier molecular flexibility index (Phi) is 4.40. The van der Waals surface area contributed by atoms with Crippen LogP contribution in [0.25, 0.3) is 0 Å². The highest BCUT2D eigenvalue weighted by Gasteiger charge is 2.15. The quantitative estimate of drug-likeness (QED) is 0.815. The molecule has 2 N–H and O–H groups in total. The first-order valence-corrected chi connectivity index (χ1v) is 6.48. The van der Waals surface area contributed by atoms with Crippen LogP contribution in [0.2, 0.25) is 0 Å². The molecule has 0 amide bonds. The van der Waals surface area contributed by atoms with Crippen molar-refractivity contribution in [1.29, 1.82) is 0 Å². The Balaban J connectivity index is 2.04. The van der Waals surface area contributed by atoms with Crippen LogP contribution < -0.4 is 10.2 Å². The molecule has 0 saturated carbocycles. The molecule has 1 saturated heterocycles. The summed E-state index contributed by atoms with van der Waals surface area (Å²) in [5.74, 6) is 0. The molecule has 1 fully saturated rings. The molecular formula is C14H22N2O.